The van der Waals surface area contributed by atoms with E-state index in [1.165, 1.54) is 20.2 Å². The van der Waals surface area contributed by atoms with Crippen LogP contribution in [-0.2, 0) is 14.4 Å². The predicted octanol–water partition coefficient (Wildman–Crippen LogP) is -1.46. The number of hydrogen-bond acceptors (Lipinski definition) is 12. The maximum absolute atomic E-state index is 14.3. The SMILES string of the molecule is CN(C)[C@@H]1C(=O)C(C(N)=O)=C(O)[C@@]2(C#N)C(=O)C3=C(O)c4c(O)c(I)cc(I)c4[C@H](N)[C@@]3(N)[C@H](O)[C@@]12N. The second kappa shape index (κ2) is 8.33. The lowest BCUT2D eigenvalue weighted by molar-refractivity contribution is -0.153. The Hall–Kier alpha value is -2.34. The highest BCUT2D eigenvalue weighted by atomic mass is 127. The standard InChI is InChI=1S/C22H22I2N6O7/c1-30(2)15-13(33)9(18(27)36)16(34)20(4-25)17(35)10-12(32)8-7(5(23)3-6(24)11(8)31)14(26)21(10,28)19(37)22(15,20)29/h3,14-15,19,31-32,34,37H,26,28-29H2,1-2H3,(H2,27,36)/t14-,15+,19-,20-,21+,22-/m0/s1. The number of phenols is 1. The normalized spacial score (nSPS) is 35.2. The molecule has 1 aromatic rings. The lowest BCUT2D eigenvalue weighted by atomic mass is 9.45. The van der Waals surface area contributed by atoms with Crippen molar-refractivity contribution in [2.45, 2.75) is 29.3 Å². The number of ketones is 2. The second-order valence-corrected chi connectivity index (χ2v) is 11.8. The van der Waals surface area contributed by atoms with Crippen LogP contribution in [0.2, 0.25) is 0 Å². The molecule has 15 heteroatoms. The molecule has 1 amide bonds. The molecule has 1 saturated carbocycles. The number of amides is 1. The van der Waals surface area contributed by atoms with Crippen LogP contribution in [0.15, 0.2) is 23.0 Å². The van der Waals surface area contributed by atoms with Crippen molar-refractivity contribution >= 4 is 68.4 Å². The Kier molecular flexibility index (Phi) is 6.23. The molecule has 3 aliphatic rings. The van der Waals surface area contributed by atoms with E-state index in [1.807, 2.05) is 22.6 Å². The summed E-state index contributed by atoms with van der Waals surface area (Å²) in [5, 5.41) is 55.5. The molecule has 0 radical (unpaired) electrons. The summed E-state index contributed by atoms with van der Waals surface area (Å²) in [5.74, 6) is -6.72. The van der Waals surface area contributed by atoms with Gasteiger partial charge >= 0.3 is 0 Å². The largest absolute Gasteiger partial charge is 0.509 e. The van der Waals surface area contributed by atoms with E-state index in [1.54, 1.807) is 28.7 Å². The number of rotatable bonds is 2. The van der Waals surface area contributed by atoms with Gasteiger partial charge in [0.2, 0.25) is 0 Å². The van der Waals surface area contributed by atoms with Gasteiger partial charge in [0.1, 0.15) is 34.5 Å². The van der Waals surface area contributed by atoms with Crippen molar-refractivity contribution in [1.29, 1.82) is 5.26 Å². The number of fused-ring (bicyclic) bond motifs is 3. The van der Waals surface area contributed by atoms with Crippen LogP contribution in [0.25, 0.3) is 5.76 Å². The van der Waals surface area contributed by atoms with Crippen molar-refractivity contribution in [3.05, 3.63) is 41.2 Å². The molecule has 12 N–H and O–H groups in total. The lowest BCUT2D eigenvalue weighted by Crippen LogP contribution is -2.87. The number of halogens is 2. The molecule has 196 valence electrons. The van der Waals surface area contributed by atoms with Crippen LogP contribution in [0, 0.1) is 23.9 Å². The molecule has 0 heterocycles. The van der Waals surface area contributed by atoms with Crippen LogP contribution in [-0.4, -0.2) is 80.1 Å². The first-order chi connectivity index (χ1) is 17.0. The van der Waals surface area contributed by atoms with Gasteiger partial charge in [-0.2, -0.15) is 5.26 Å². The third kappa shape index (κ3) is 2.91. The molecule has 4 rings (SSSR count). The van der Waals surface area contributed by atoms with Gasteiger partial charge in [0.25, 0.3) is 5.91 Å². The topological polar surface area (TPSA) is 263 Å². The molecule has 3 aliphatic carbocycles. The molecule has 1 fully saturated rings. The van der Waals surface area contributed by atoms with Crippen LogP contribution in [0.5, 0.6) is 5.75 Å². The number of nitrogens with two attached hydrogens (primary N) is 4. The van der Waals surface area contributed by atoms with Crippen molar-refractivity contribution in [2.75, 3.05) is 14.1 Å². The van der Waals surface area contributed by atoms with Crippen LogP contribution in [0.4, 0.5) is 0 Å². The number of primary amides is 1. The van der Waals surface area contributed by atoms with Gasteiger partial charge in [0.05, 0.1) is 38.4 Å². The maximum Gasteiger partial charge on any atom is 0.255 e. The first-order valence-corrected chi connectivity index (χ1v) is 12.7. The summed E-state index contributed by atoms with van der Waals surface area (Å²) in [5.41, 5.74) is 15.0. The predicted molar refractivity (Wildman–Crippen MR) is 144 cm³/mol. The molecular formula is C22H22I2N6O7. The van der Waals surface area contributed by atoms with Crippen molar-refractivity contribution < 1.29 is 34.8 Å². The third-order valence-electron chi connectivity index (χ3n) is 7.57. The van der Waals surface area contributed by atoms with E-state index in [-0.39, 0.29) is 14.7 Å². The Balaban J connectivity index is 2.25. The third-order valence-corrected chi connectivity index (χ3v) is 9.28. The Morgan fingerprint density at radius 2 is 1.73 bits per heavy atom. The first kappa shape index (κ1) is 27.7. The number of phenolic OH excluding ortho intramolecular Hbond substituents is 1. The average Bonchev–Trinajstić information content (AvgIpc) is 2.78. The number of carbonyl (C=O) groups excluding carboxylic acids is 3. The van der Waals surface area contributed by atoms with Gasteiger partial charge in [-0.25, -0.2) is 0 Å². The van der Waals surface area contributed by atoms with Crippen LogP contribution in [0.1, 0.15) is 17.2 Å². The van der Waals surface area contributed by atoms with Crippen LogP contribution < -0.4 is 22.9 Å². The summed E-state index contributed by atoms with van der Waals surface area (Å²) < 4.78 is 0.703. The van der Waals surface area contributed by atoms with E-state index < -0.39 is 80.6 Å². The molecule has 0 spiro atoms. The summed E-state index contributed by atoms with van der Waals surface area (Å²) in [7, 11) is 2.67. The van der Waals surface area contributed by atoms with E-state index in [2.05, 4.69) is 0 Å². The molecule has 37 heavy (non-hydrogen) atoms. The minimum absolute atomic E-state index is 0.0864. The van der Waals surface area contributed by atoms with Crippen LogP contribution in [0.3, 0.4) is 0 Å². The number of Topliss-reactive ketones (excluding diaryl/α,β-unsaturated/α-hetero) is 2. The fourth-order valence-corrected chi connectivity index (χ4v) is 8.01. The number of benzene rings is 1. The van der Waals surface area contributed by atoms with E-state index in [4.69, 9.17) is 22.9 Å². The smallest absolute Gasteiger partial charge is 0.255 e. The summed E-state index contributed by atoms with van der Waals surface area (Å²) in [4.78, 5) is 41.0. The van der Waals surface area contributed by atoms with Crippen molar-refractivity contribution in [1.82, 2.24) is 4.90 Å². The van der Waals surface area contributed by atoms with Gasteiger partial charge < -0.3 is 43.4 Å². The van der Waals surface area contributed by atoms with E-state index in [0.717, 1.165) is 4.90 Å². The Bertz CT molecular complexity index is 1440. The summed E-state index contributed by atoms with van der Waals surface area (Å²) in [6.07, 6.45) is -2.25. The molecular weight excluding hydrogens is 714 g/mol. The number of carbonyl (C=O) groups is 3. The number of aliphatic hydroxyl groups excluding tert-OH is 3. The van der Waals surface area contributed by atoms with Gasteiger partial charge in [-0.05, 0) is 70.9 Å². The van der Waals surface area contributed by atoms with Crippen molar-refractivity contribution in [3.63, 3.8) is 0 Å². The van der Waals surface area contributed by atoms with Gasteiger partial charge in [-0.15, -0.1) is 0 Å². The van der Waals surface area contributed by atoms with E-state index >= 15 is 0 Å². The number of nitriles is 1. The molecule has 13 nitrogen and oxygen atoms in total. The Morgan fingerprint density at radius 3 is 2.22 bits per heavy atom. The van der Waals surface area contributed by atoms with Gasteiger partial charge in [0.15, 0.2) is 17.0 Å². The van der Waals surface area contributed by atoms with Gasteiger partial charge in [-0.3, -0.25) is 19.3 Å². The summed E-state index contributed by atoms with van der Waals surface area (Å²) in [6, 6.07) is -0.146. The number of hydrogen-bond donors (Lipinski definition) is 8. The van der Waals surface area contributed by atoms with Crippen LogP contribution >= 0.6 is 45.2 Å². The Labute approximate surface area is 237 Å². The highest BCUT2D eigenvalue weighted by Gasteiger charge is 2.79. The number of aliphatic hydroxyl groups is 3. The van der Waals surface area contributed by atoms with Crippen molar-refractivity contribution in [3.8, 4) is 11.8 Å². The molecule has 0 aromatic heterocycles. The fourth-order valence-electron chi connectivity index (χ4n) is 5.91. The molecule has 0 saturated heterocycles. The average molecular weight is 736 g/mol. The molecule has 6 atom stereocenters. The zero-order valence-corrected chi connectivity index (χ0v) is 23.6. The maximum atomic E-state index is 14.3. The number of likely N-dealkylation sites (N-methyl/N-ethyl adjacent to an activating group) is 1. The monoisotopic (exact) mass is 736 g/mol. The summed E-state index contributed by atoms with van der Waals surface area (Å²) in [6.45, 7) is 0. The highest BCUT2D eigenvalue weighted by molar-refractivity contribution is 14.1. The molecule has 0 bridgehead atoms. The minimum atomic E-state index is -3.01. The Morgan fingerprint density at radius 1 is 1.16 bits per heavy atom. The van der Waals surface area contributed by atoms with Crippen molar-refractivity contribution in [2.24, 2.45) is 28.3 Å². The lowest BCUT2D eigenvalue weighted by Gasteiger charge is -2.62. The van der Waals surface area contributed by atoms with E-state index in [9.17, 15) is 40.1 Å². The van der Waals surface area contributed by atoms with Gasteiger partial charge in [-0.1, -0.05) is 0 Å². The zero-order chi connectivity index (χ0) is 28.2. The number of aromatic hydroxyl groups is 1. The molecule has 0 aliphatic heterocycles. The molecule has 1 aromatic carbocycles. The quantitative estimate of drug-likeness (QED) is 0.128. The zero-order valence-electron chi connectivity index (χ0n) is 19.3. The van der Waals surface area contributed by atoms with E-state index in [0.29, 0.717) is 3.57 Å². The molecule has 0 unspecified atom stereocenters. The minimum Gasteiger partial charge on any atom is -0.509 e. The van der Waals surface area contributed by atoms with Gasteiger partial charge in [0, 0.05) is 3.57 Å². The summed E-state index contributed by atoms with van der Waals surface area (Å²) >= 11 is 3.67. The highest BCUT2D eigenvalue weighted by Crippen LogP contribution is 2.60. The second-order valence-electron chi connectivity index (χ2n) is 9.46. The fraction of sp³-hybridized carbons (Fsp3) is 0.364. The first-order valence-electron chi connectivity index (χ1n) is 10.6. The number of nitrogens with zero attached hydrogens (tertiary/aromatic N) is 2.